The van der Waals surface area contributed by atoms with Crippen LogP contribution in [0.15, 0.2) is 29.1 Å². The van der Waals surface area contributed by atoms with Gasteiger partial charge in [0, 0.05) is 6.07 Å². The van der Waals surface area contributed by atoms with E-state index in [2.05, 4.69) is 10.3 Å². The normalized spacial score (nSPS) is 15.3. The number of hydrogen-bond donors (Lipinski definition) is 1. The van der Waals surface area contributed by atoms with Crippen LogP contribution in [-0.2, 0) is 13.2 Å². The molecule has 0 aliphatic carbocycles. The molecule has 116 valence electrons. The fourth-order valence-corrected chi connectivity index (χ4v) is 2.38. The van der Waals surface area contributed by atoms with Crippen LogP contribution >= 0.6 is 0 Å². The Morgan fingerprint density at radius 3 is 2.82 bits per heavy atom. The lowest BCUT2D eigenvalue weighted by Crippen LogP contribution is -2.30. The second-order valence-electron chi connectivity index (χ2n) is 5.89. The van der Waals surface area contributed by atoms with Gasteiger partial charge < -0.3 is 10.1 Å². The summed E-state index contributed by atoms with van der Waals surface area (Å²) in [6.45, 7) is 4.47. The largest absolute Gasteiger partial charge is 0.473 e. The molecular weight excluding hydrogens is 292 g/mol. The fourth-order valence-electron chi connectivity index (χ4n) is 2.38. The molecule has 0 atom stereocenters. The number of rotatable bonds is 3. The van der Waals surface area contributed by atoms with Crippen LogP contribution in [0.3, 0.4) is 0 Å². The van der Waals surface area contributed by atoms with Crippen molar-refractivity contribution in [2.75, 3.05) is 5.32 Å². The monoisotopic (exact) mass is 307 g/mol. The maximum Gasteiger partial charge on any atom is 0.352 e. The van der Waals surface area contributed by atoms with Crippen LogP contribution in [0.5, 0.6) is 5.88 Å². The summed E-state index contributed by atoms with van der Waals surface area (Å²) in [6.07, 6.45) is 0. The van der Waals surface area contributed by atoms with Crippen molar-refractivity contribution in [3.63, 3.8) is 0 Å². The number of fused-ring (bicyclic) bond motifs is 1. The number of nitrogens with one attached hydrogen (secondary N) is 1. The van der Waals surface area contributed by atoms with Crippen LogP contribution in [-0.4, -0.2) is 15.1 Å². The predicted molar refractivity (Wildman–Crippen MR) is 76.9 cm³/mol. The lowest BCUT2D eigenvalue weighted by Gasteiger charge is -2.16. The highest BCUT2D eigenvalue weighted by molar-refractivity contribution is 5.45. The molecule has 3 rings (SSSR count). The molecule has 22 heavy (non-hydrogen) atoms. The van der Waals surface area contributed by atoms with Crippen LogP contribution < -0.4 is 15.7 Å². The molecule has 0 unspecified atom stereocenters. The Labute approximate surface area is 125 Å². The molecule has 2 heterocycles. The molecule has 1 N–H and O–H groups in total. The molecule has 1 aliphatic heterocycles. The van der Waals surface area contributed by atoms with E-state index in [1.54, 1.807) is 6.07 Å². The lowest BCUT2D eigenvalue weighted by atomic mass is 10.1. The van der Waals surface area contributed by atoms with E-state index in [0.717, 1.165) is 12.1 Å². The first kappa shape index (κ1) is 14.5. The quantitative estimate of drug-likeness (QED) is 0.945. The zero-order chi connectivity index (χ0) is 15.9. The van der Waals surface area contributed by atoms with Gasteiger partial charge in [-0.25, -0.2) is 13.6 Å². The molecule has 0 spiro atoms. The first-order valence-electron chi connectivity index (χ1n) is 6.81. The SMILES string of the molecule is CC1(C)Cn2c(cc(OCc3ccc(F)c(F)c3)nc2=O)N1. The van der Waals surface area contributed by atoms with Crippen LogP contribution in [0, 0.1) is 11.6 Å². The number of benzene rings is 1. The van der Waals surface area contributed by atoms with E-state index in [-0.39, 0.29) is 18.0 Å². The Kier molecular flexibility index (Phi) is 3.35. The highest BCUT2D eigenvalue weighted by Gasteiger charge is 2.29. The first-order chi connectivity index (χ1) is 10.3. The highest BCUT2D eigenvalue weighted by atomic mass is 19.2. The van der Waals surface area contributed by atoms with Gasteiger partial charge in [-0.1, -0.05) is 6.07 Å². The van der Waals surface area contributed by atoms with Crippen molar-refractivity contribution in [1.29, 1.82) is 0 Å². The molecule has 5 nitrogen and oxygen atoms in total. The van der Waals surface area contributed by atoms with Crippen molar-refractivity contribution in [2.24, 2.45) is 0 Å². The smallest absolute Gasteiger partial charge is 0.352 e. The van der Waals surface area contributed by atoms with Crippen molar-refractivity contribution in [2.45, 2.75) is 32.5 Å². The molecular formula is C15H15F2N3O2. The average Bonchev–Trinajstić information content (AvgIpc) is 2.75. The molecule has 0 saturated heterocycles. The molecule has 0 amide bonds. The number of anilines is 1. The summed E-state index contributed by atoms with van der Waals surface area (Å²) < 4.78 is 32.9. The van der Waals surface area contributed by atoms with Gasteiger partial charge in [-0.3, -0.25) is 4.57 Å². The zero-order valence-corrected chi connectivity index (χ0v) is 12.2. The van der Waals surface area contributed by atoms with Crippen molar-refractivity contribution >= 4 is 5.82 Å². The third-order valence-corrected chi connectivity index (χ3v) is 3.38. The molecule has 2 aromatic rings. The van der Waals surface area contributed by atoms with E-state index in [9.17, 15) is 13.6 Å². The first-order valence-corrected chi connectivity index (χ1v) is 6.81. The standard InChI is InChI=1S/C15H15F2N3O2/c1-15(2)8-20-12(19-15)6-13(18-14(20)21)22-7-9-3-4-10(16)11(17)5-9/h3-6,19H,7-8H2,1-2H3. The van der Waals surface area contributed by atoms with Crippen LogP contribution in [0.25, 0.3) is 0 Å². The van der Waals surface area contributed by atoms with Crippen LogP contribution in [0.2, 0.25) is 0 Å². The molecule has 0 fully saturated rings. The van der Waals surface area contributed by atoms with Gasteiger partial charge in [-0.15, -0.1) is 0 Å². The number of hydrogen-bond acceptors (Lipinski definition) is 4. The number of halogens is 2. The maximum atomic E-state index is 13.1. The van der Waals surface area contributed by atoms with Gasteiger partial charge >= 0.3 is 5.69 Å². The minimum absolute atomic E-state index is 0.00349. The van der Waals surface area contributed by atoms with Gasteiger partial charge in [0.25, 0.3) is 0 Å². The van der Waals surface area contributed by atoms with E-state index in [0.29, 0.717) is 17.9 Å². The summed E-state index contributed by atoms with van der Waals surface area (Å²) in [5.41, 5.74) is -0.183. The number of aromatic nitrogens is 2. The van der Waals surface area contributed by atoms with Crippen molar-refractivity contribution in [1.82, 2.24) is 9.55 Å². The molecule has 1 aliphatic rings. The highest BCUT2D eigenvalue weighted by Crippen LogP contribution is 2.26. The van der Waals surface area contributed by atoms with Gasteiger partial charge in [-0.2, -0.15) is 4.98 Å². The lowest BCUT2D eigenvalue weighted by molar-refractivity contribution is 0.290. The van der Waals surface area contributed by atoms with E-state index in [4.69, 9.17) is 4.74 Å². The summed E-state index contributed by atoms with van der Waals surface area (Å²) in [5, 5.41) is 3.20. The predicted octanol–water partition coefficient (Wildman–Crippen LogP) is 2.30. The Hall–Kier alpha value is -2.44. The van der Waals surface area contributed by atoms with E-state index in [1.807, 2.05) is 13.8 Å². The Morgan fingerprint density at radius 2 is 2.09 bits per heavy atom. The molecule has 1 aromatic heterocycles. The van der Waals surface area contributed by atoms with E-state index in [1.165, 1.54) is 10.6 Å². The summed E-state index contributed by atoms with van der Waals surface area (Å²) in [6, 6.07) is 5.12. The molecule has 7 heteroatoms. The van der Waals surface area contributed by atoms with Crippen molar-refractivity contribution in [3.05, 3.63) is 51.9 Å². The van der Waals surface area contributed by atoms with Gasteiger partial charge in [0.05, 0.1) is 12.1 Å². The minimum Gasteiger partial charge on any atom is -0.473 e. The van der Waals surface area contributed by atoms with Gasteiger partial charge in [-0.05, 0) is 31.5 Å². The zero-order valence-electron chi connectivity index (χ0n) is 12.2. The van der Waals surface area contributed by atoms with Gasteiger partial charge in [0.15, 0.2) is 11.6 Å². The minimum atomic E-state index is -0.938. The van der Waals surface area contributed by atoms with Gasteiger partial charge in [0.2, 0.25) is 5.88 Å². The van der Waals surface area contributed by atoms with E-state index >= 15 is 0 Å². The molecule has 0 bridgehead atoms. The average molecular weight is 307 g/mol. The molecule has 1 aromatic carbocycles. The molecule has 0 radical (unpaired) electrons. The van der Waals surface area contributed by atoms with Crippen LogP contribution in [0.4, 0.5) is 14.6 Å². The Morgan fingerprint density at radius 1 is 1.32 bits per heavy atom. The van der Waals surface area contributed by atoms with Gasteiger partial charge in [0.1, 0.15) is 12.4 Å². The topological polar surface area (TPSA) is 56.2 Å². The second-order valence-corrected chi connectivity index (χ2v) is 5.89. The second kappa shape index (κ2) is 5.08. The van der Waals surface area contributed by atoms with Crippen molar-refractivity contribution < 1.29 is 13.5 Å². The Bertz CT molecular complexity index is 787. The summed E-state index contributed by atoms with van der Waals surface area (Å²) in [7, 11) is 0. The third kappa shape index (κ3) is 2.79. The fraction of sp³-hybridized carbons (Fsp3) is 0.333. The van der Waals surface area contributed by atoms with E-state index < -0.39 is 17.3 Å². The van der Waals surface area contributed by atoms with Crippen LogP contribution in [0.1, 0.15) is 19.4 Å². The molecule has 0 saturated carbocycles. The third-order valence-electron chi connectivity index (χ3n) is 3.38. The summed E-state index contributed by atoms with van der Waals surface area (Å²) in [5.74, 6) is -1.08. The summed E-state index contributed by atoms with van der Waals surface area (Å²) in [4.78, 5) is 15.8. The Balaban J connectivity index is 1.78. The van der Waals surface area contributed by atoms with Crippen molar-refractivity contribution in [3.8, 4) is 5.88 Å². The maximum absolute atomic E-state index is 13.1. The number of nitrogens with zero attached hydrogens (tertiary/aromatic N) is 2. The number of ether oxygens (including phenoxy) is 1. The summed E-state index contributed by atoms with van der Waals surface area (Å²) >= 11 is 0.